The molecule has 0 N–H and O–H groups in total. The zero-order valence-corrected chi connectivity index (χ0v) is 39.8. The van der Waals surface area contributed by atoms with Gasteiger partial charge in [0.1, 0.15) is 0 Å². The number of aromatic nitrogens is 4. The summed E-state index contributed by atoms with van der Waals surface area (Å²) in [4.78, 5) is 5.57. The Bertz CT molecular complexity index is 4250. The van der Waals surface area contributed by atoms with Crippen LogP contribution >= 0.6 is 0 Å². The summed E-state index contributed by atoms with van der Waals surface area (Å²) in [6.07, 6.45) is 0. The first kappa shape index (κ1) is 40.4. The molecule has 3 heterocycles. The molecule has 0 aliphatic carbocycles. The van der Waals surface area contributed by atoms with Crippen molar-refractivity contribution in [3.63, 3.8) is 0 Å². The van der Waals surface area contributed by atoms with Gasteiger partial charge in [0.15, 0.2) is 0 Å². The number of fused-ring (bicyclic) bond motifs is 11. The predicted octanol–water partition coefficient (Wildman–Crippen LogP) is 16.0. The van der Waals surface area contributed by atoms with Crippen molar-refractivity contribution in [2.24, 2.45) is 0 Å². The molecule has 10 aromatic carbocycles. The van der Waals surface area contributed by atoms with Crippen molar-refractivity contribution in [3.8, 4) is 39.8 Å². The fraction of sp³-hybridized carbons (Fsp3) is 0.0645. The van der Waals surface area contributed by atoms with Gasteiger partial charge in [-0.05, 0) is 33.7 Å². The Labute approximate surface area is 404 Å². The van der Waals surface area contributed by atoms with E-state index in [1.807, 2.05) is 6.07 Å². The van der Waals surface area contributed by atoms with E-state index in [9.17, 15) is 0 Å². The van der Waals surface area contributed by atoms with Gasteiger partial charge in [0.2, 0.25) is 0 Å². The summed E-state index contributed by atoms with van der Waals surface area (Å²) in [5.41, 5.74) is 10.4. The molecule has 6 heteroatoms. The van der Waals surface area contributed by atoms with Crippen molar-refractivity contribution in [1.29, 1.82) is 0 Å². The molecule has 0 unspecified atom stereocenters. The molecular weight excluding hydrogens is 1010 g/mol. The topological polar surface area (TPSA) is 36.9 Å². The van der Waals surface area contributed by atoms with E-state index < -0.39 is 0 Å². The Hall–Kier alpha value is -7.85. The van der Waals surface area contributed by atoms with Gasteiger partial charge in [-0.1, -0.05) is 72.8 Å². The van der Waals surface area contributed by atoms with Crippen LogP contribution in [0.4, 0.5) is 0 Å². The van der Waals surface area contributed by atoms with E-state index in [0.717, 1.165) is 81.3 Å². The first-order chi connectivity index (χ1) is 33.3. The van der Waals surface area contributed by atoms with Crippen LogP contribution in [-0.2, 0) is 24.8 Å². The number of nitrogens with zero attached hydrogens (tertiary/aromatic N) is 4. The van der Waals surface area contributed by atoms with Crippen LogP contribution < -0.4 is 4.74 Å². The molecule has 0 bridgehead atoms. The SMILES string of the molecule is CC(C)(C)c1cccc(-n2[c](=[Pt])n(-c3[c-]c(Oc4[c-]c5c(cc4)c4ccccc4n5-c4nc5ccc6ccccc6c5c5c4ccc4ccccc45)cc(-c4ccccc4)c3)c3ccccc32)c1. The van der Waals surface area contributed by atoms with Gasteiger partial charge in [0, 0.05) is 10.8 Å². The van der Waals surface area contributed by atoms with Gasteiger partial charge in [-0.15, -0.1) is 0 Å². The Morgan fingerprint density at radius 1 is 0.471 bits per heavy atom. The van der Waals surface area contributed by atoms with Gasteiger partial charge in [0.05, 0.1) is 5.52 Å². The molecule has 0 amide bonds. The zero-order chi connectivity index (χ0) is 45.7. The van der Waals surface area contributed by atoms with Gasteiger partial charge in [-0.2, -0.15) is 0 Å². The van der Waals surface area contributed by atoms with E-state index in [0.29, 0.717) is 11.5 Å². The average molecular weight is 1050 g/mol. The number of hydrogen-bond donors (Lipinski definition) is 0. The number of rotatable bonds is 6. The van der Waals surface area contributed by atoms with E-state index in [1.165, 1.54) is 32.5 Å². The summed E-state index contributed by atoms with van der Waals surface area (Å²) >= 11 is 2.47. The minimum absolute atomic E-state index is 0.00296. The number of imidazole rings is 1. The molecule has 0 atom stereocenters. The molecule has 5 nitrogen and oxygen atoms in total. The van der Waals surface area contributed by atoms with Crippen molar-refractivity contribution in [3.05, 3.63) is 222 Å². The maximum atomic E-state index is 6.99. The van der Waals surface area contributed by atoms with Crippen molar-refractivity contribution < 1.29 is 24.1 Å². The Kier molecular flexibility index (Phi) is 9.29. The van der Waals surface area contributed by atoms with Crippen LogP contribution in [-0.4, -0.2) is 18.7 Å². The van der Waals surface area contributed by atoms with E-state index in [4.69, 9.17) is 9.72 Å². The molecule has 0 saturated heterocycles. The summed E-state index contributed by atoms with van der Waals surface area (Å²) < 4.78 is 14.9. The van der Waals surface area contributed by atoms with Crippen LogP contribution in [0.2, 0.25) is 0 Å². The zero-order valence-electron chi connectivity index (χ0n) is 37.6. The fourth-order valence-corrected chi connectivity index (χ4v) is 11.3. The molecule has 3 aromatic heterocycles. The van der Waals surface area contributed by atoms with Crippen molar-refractivity contribution in [2.45, 2.75) is 26.2 Å². The number of ether oxygens (including phenoxy) is 1. The maximum absolute atomic E-state index is 6.99. The van der Waals surface area contributed by atoms with Crippen LogP contribution in [0.5, 0.6) is 11.5 Å². The third kappa shape index (κ3) is 6.48. The Balaban J connectivity index is 1.02. The van der Waals surface area contributed by atoms with Gasteiger partial charge in [-0.3, -0.25) is 0 Å². The standard InChI is InChI=1S/C62H42N4O.Pt/c1-62(2,3)44-20-15-21-45(36-44)64-39-65(57-27-14-13-26-56(57)64)46-34-43(40-16-5-4-6-17-40)35-48(37-46)67-47-30-32-52-51-24-11-12-25-55(51)66(58(52)38-47)61-53-31-28-41-18-7-9-22-49(41)59(53)60-50-23-10-8-19-42(50)29-33-54(60)63-61;/h4-36H,1-3H3;/q-2;. The molecule has 0 spiro atoms. The van der Waals surface area contributed by atoms with Gasteiger partial charge in [0.25, 0.3) is 0 Å². The number of para-hydroxylation sites is 3. The van der Waals surface area contributed by atoms with Gasteiger partial charge >= 0.3 is 284 Å². The molecular formula is C62H42N4OPt-2. The average Bonchev–Trinajstić information content (AvgIpc) is 3.86. The molecule has 0 aliphatic heterocycles. The monoisotopic (exact) mass is 1050 g/mol. The summed E-state index contributed by atoms with van der Waals surface area (Å²) in [5.74, 6) is 2.02. The molecule has 68 heavy (non-hydrogen) atoms. The second-order valence-corrected chi connectivity index (χ2v) is 19.6. The van der Waals surface area contributed by atoms with Crippen LogP contribution in [0, 0.1) is 15.9 Å². The third-order valence-electron chi connectivity index (χ3n) is 13.4. The predicted molar refractivity (Wildman–Crippen MR) is 276 cm³/mol. The van der Waals surface area contributed by atoms with Crippen molar-refractivity contribution in [2.75, 3.05) is 0 Å². The summed E-state index contributed by atoms with van der Waals surface area (Å²) in [6.45, 7) is 6.78. The number of pyridine rings is 1. The van der Waals surface area contributed by atoms with Gasteiger partial charge in [-0.25, -0.2) is 0 Å². The second-order valence-electron chi connectivity index (χ2n) is 18.6. The summed E-state index contributed by atoms with van der Waals surface area (Å²) in [6, 6.07) is 78.6. The second kappa shape index (κ2) is 15.6. The Morgan fingerprint density at radius 3 is 1.88 bits per heavy atom. The minimum atomic E-state index is 0.00296. The van der Waals surface area contributed by atoms with Crippen LogP contribution in [0.15, 0.2) is 200 Å². The normalized spacial score (nSPS) is 12.1. The van der Waals surface area contributed by atoms with E-state index >= 15 is 0 Å². The van der Waals surface area contributed by atoms with E-state index in [1.54, 1.807) is 0 Å². The fourth-order valence-electron chi connectivity index (χ4n) is 10.2. The molecule has 0 saturated carbocycles. The van der Waals surface area contributed by atoms with Gasteiger partial charge < -0.3 is 0 Å². The van der Waals surface area contributed by atoms with Crippen molar-refractivity contribution in [1.82, 2.24) is 18.7 Å². The first-order valence-electron chi connectivity index (χ1n) is 23.0. The van der Waals surface area contributed by atoms with E-state index in [2.05, 4.69) is 260 Å². The quantitative estimate of drug-likeness (QED) is 0.123. The summed E-state index contributed by atoms with van der Waals surface area (Å²) in [7, 11) is 0. The molecule has 0 radical (unpaired) electrons. The van der Waals surface area contributed by atoms with Crippen molar-refractivity contribution >= 4 is 76.1 Å². The first-order valence-corrected chi connectivity index (χ1v) is 24.1. The Morgan fingerprint density at radius 2 is 1.12 bits per heavy atom. The summed E-state index contributed by atoms with van der Waals surface area (Å²) in [5, 5.41) is 10.4. The van der Waals surface area contributed by atoms with E-state index in [-0.39, 0.29) is 5.41 Å². The molecule has 0 aliphatic rings. The third-order valence-corrected chi connectivity index (χ3v) is 14.4. The van der Waals surface area contributed by atoms with Crippen LogP contribution in [0.1, 0.15) is 26.3 Å². The molecule has 328 valence electrons. The molecule has 0 fully saturated rings. The van der Waals surface area contributed by atoms with Crippen LogP contribution in [0.25, 0.3) is 104 Å². The van der Waals surface area contributed by atoms with Crippen LogP contribution in [0.3, 0.4) is 0 Å². The molecule has 13 rings (SSSR count). The number of hydrogen-bond acceptors (Lipinski definition) is 2. The number of benzene rings is 10. The molecule has 13 aromatic rings.